The Morgan fingerprint density at radius 3 is 2.71 bits per heavy atom. The molecule has 1 atom stereocenters. The van der Waals surface area contributed by atoms with E-state index >= 15 is 0 Å². The van der Waals surface area contributed by atoms with E-state index in [9.17, 15) is 18.0 Å². The van der Waals surface area contributed by atoms with Crippen molar-refractivity contribution in [2.45, 2.75) is 45.6 Å². The molecule has 168 valence electrons. The van der Waals surface area contributed by atoms with Gasteiger partial charge in [-0.15, -0.1) is 0 Å². The van der Waals surface area contributed by atoms with Crippen LogP contribution in [0.4, 0.5) is 13.2 Å². The van der Waals surface area contributed by atoms with Gasteiger partial charge in [-0.2, -0.15) is 0 Å². The first kappa shape index (κ1) is 23.1. The number of pyridine rings is 1. The molecule has 5 nitrogen and oxygen atoms in total. The lowest BCUT2D eigenvalue weighted by Crippen LogP contribution is -2.40. The minimum absolute atomic E-state index is 0.0182. The van der Waals surface area contributed by atoms with Crippen LogP contribution in [-0.4, -0.2) is 54.6 Å². The summed E-state index contributed by atoms with van der Waals surface area (Å²) in [5, 5.41) is 0. The van der Waals surface area contributed by atoms with E-state index in [-0.39, 0.29) is 30.8 Å². The number of hydrogen-bond acceptors (Lipinski definition) is 5. The topological polar surface area (TPSA) is 51.7 Å². The third-order valence-electron chi connectivity index (χ3n) is 5.04. The summed E-state index contributed by atoms with van der Waals surface area (Å²) in [4.78, 5) is 18.2. The predicted octanol–water partition coefficient (Wildman–Crippen LogP) is 4.65. The Bertz CT molecular complexity index is 960. The van der Waals surface area contributed by atoms with Gasteiger partial charge in [0.2, 0.25) is 5.88 Å². The molecule has 0 N–H and O–H groups in total. The number of carbonyl (C=O) groups is 1. The molecule has 0 saturated heterocycles. The fraction of sp³-hybridized carbons (Fsp3) is 0.478. The molecule has 0 spiro atoms. The summed E-state index contributed by atoms with van der Waals surface area (Å²) in [6.07, 6.45) is 0.711. The van der Waals surface area contributed by atoms with Crippen LogP contribution in [0.2, 0.25) is 0 Å². The molecule has 8 heteroatoms. The van der Waals surface area contributed by atoms with Gasteiger partial charge in [0.05, 0.1) is 13.2 Å². The minimum atomic E-state index is -2.81. The standard InChI is InChI=1S/C23H27F3N2O3/c1-5-30-22(29)20-11-18(16-8-6-14(2)10-19(16)24)17-9-7-15(31-21(17)27-20)12-28(4)13-23(3,25)26/h6,8,10-11,15H,5,7,9,12-13H2,1-4H3/t15-/m0/s1. The number of esters is 1. The molecular weight excluding hydrogens is 409 g/mol. The van der Waals surface area contributed by atoms with Crippen molar-refractivity contribution >= 4 is 5.97 Å². The van der Waals surface area contributed by atoms with Gasteiger partial charge in [0.1, 0.15) is 11.9 Å². The Kier molecular flexibility index (Phi) is 6.89. The van der Waals surface area contributed by atoms with E-state index in [2.05, 4.69) is 4.98 Å². The van der Waals surface area contributed by atoms with E-state index in [1.165, 1.54) is 17.0 Å². The number of carbonyl (C=O) groups excluding carboxylic acids is 1. The number of alkyl halides is 2. The first-order valence-corrected chi connectivity index (χ1v) is 10.3. The second-order valence-electron chi connectivity index (χ2n) is 8.09. The molecule has 1 aliphatic rings. The van der Waals surface area contributed by atoms with Crippen LogP contribution in [0.25, 0.3) is 11.1 Å². The average molecular weight is 436 g/mol. The summed E-state index contributed by atoms with van der Waals surface area (Å²) >= 11 is 0. The third-order valence-corrected chi connectivity index (χ3v) is 5.04. The van der Waals surface area contributed by atoms with Crippen molar-refractivity contribution in [2.75, 3.05) is 26.7 Å². The molecule has 0 aliphatic carbocycles. The molecule has 2 heterocycles. The zero-order chi connectivity index (χ0) is 22.8. The number of halogens is 3. The van der Waals surface area contributed by atoms with Crippen molar-refractivity contribution in [3.8, 4) is 17.0 Å². The SMILES string of the molecule is CCOC(=O)c1cc(-c2ccc(C)cc2F)c2c(n1)O[C@H](CN(C)CC(C)(F)F)CC2. The lowest BCUT2D eigenvalue weighted by molar-refractivity contribution is -0.0167. The number of ether oxygens (including phenoxy) is 2. The smallest absolute Gasteiger partial charge is 0.357 e. The number of benzene rings is 1. The van der Waals surface area contributed by atoms with Crippen LogP contribution < -0.4 is 4.74 Å². The Morgan fingerprint density at radius 1 is 1.32 bits per heavy atom. The molecule has 0 saturated carbocycles. The minimum Gasteiger partial charge on any atom is -0.473 e. The summed E-state index contributed by atoms with van der Waals surface area (Å²) in [6.45, 7) is 4.41. The summed E-state index contributed by atoms with van der Waals surface area (Å²) < 4.78 is 52.4. The molecular formula is C23H27F3N2O3. The van der Waals surface area contributed by atoms with Crippen molar-refractivity contribution in [2.24, 2.45) is 0 Å². The maximum atomic E-state index is 14.7. The van der Waals surface area contributed by atoms with Crippen LogP contribution in [0.15, 0.2) is 24.3 Å². The molecule has 0 bridgehead atoms. The highest BCUT2D eigenvalue weighted by Gasteiger charge is 2.30. The van der Waals surface area contributed by atoms with Crippen molar-refractivity contribution < 1.29 is 27.4 Å². The van der Waals surface area contributed by atoms with E-state index in [4.69, 9.17) is 9.47 Å². The molecule has 31 heavy (non-hydrogen) atoms. The second-order valence-corrected chi connectivity index (χ2v) is 8.09. The summed E-state index contributed by atoms with van der Waals surface area (Å²) in [7, 11) is 1.60. The van der Waals surface area contributed by atoms with Gasteiger partial charge in [0.15, 0.2) is 5.69 Å². The van der Waals surface area contributed by atoms with Crippen molar-refractivity contribution in [1.29, 1.82) is 0 Å². The van der Waals surface area contributed by atoms with Gasteiger partial charge in [0, 0.05) is 24.6 Å². The Hall–Kier alpha value is -2.61. The number of aryl methyl sites for hydroxylation is 1. The molecule has 0 amide bonds. The normalized spacial score (nSPS) is 16.1. The van der Waals surface area contributed by atoms with Crippen LogP contribution >= 0.6 is 0 Å². The monoisotopic (exact) mass is 436 g/mol. The second kappa shape index (κ2) is 9.26. The molecule has 1 aliphatic heterocycles. The van der Waals surface area contributed by atoms with E-state index < -0.39 is 24.3 Å². The number of aromatic nitrogens is 1. The first-order chi connectivity index (χ1) is 14.6. The fourth-order valence-corrected chi connectivity index (χ4v) is 3.81. The van der Waals surface area contributed by atoms with Gasteiger partial charge in [0.25, 0.3) is 5.92 Å². The molecule has 3 rings (SSSR count). The number of likely N-dealkylation sites (N-methyl/N-ethyl adjacent to an activating group) is 1. The van der Waals surface area contributed by atoms with Gasteiger partial charge in [-0.1, -0.05) is 12.1 Å². The number of rotatable bonds is 7. The van der Waals surface area contributed by atoms with Crippen molar-refractivity contribution in [3.05, 3.63) is 46.9 Å². The fourth-order valence-electron chi connectivity index (χ4n) is 3.81. The van der Waals surface area contributed by atoms with Crippen LogP contribution in [-0.2, 0) is 11.2 Å². The number of nitrogens with zero attached hydrogens (tertiary/aromatic N) is 2. The Morgan fingerprint density at radius 2 is 2.06 bits per heavy atom. The lowest BCUT2D eigenvalue weighted by Gasteiger charge is -2.31. The number of fused-ring (bicyclic) bond motifs is 1. The zero-order valence-electron chi connectivity index (χ0n) is 18.2. The molecule has 0 radical (unpaired) electrons. The van der Waals surface area contributed by atoms with Gasteiger partial charge < -0.3 is 9.47 Å². The van der Waals surface area contributed by atoms with E-state index in [0.29, 0.717) is 29.5 Å². The van der Waals surface area contributed by atoms with Crippen LogP contribution in [0.3, 0.4) is 0 Å². The zero-order valence-corrected chi connectivity index (χ0v) is 18.2. The van der Waals surface area contributed by atoms with Gasteiger partial charge >= 0.3 is 5.97 Å². The highest BCUT2D eigenvalue weighted by atomic mass is 19.3. The maximum Gasteiger partial charge on any atom is 0.357 e. The quantitative estimate of drug-likeness (QED) is 0.592. The average Bonchev–Trinajstić information content (AvgIpc) is 2.65. The maximum absolute atomic E-state index is 14.7. The van der Waals surface area contributed by atoms with Gasteiger partial charge in [-0.3, -0.25) is 4.90 Å². The largest absolute Gasteiger partial charge is 0.473 e. The van der Waals surface area contributed by atoms with Gasteiger partial charge in [-0.25, -0.2) is 22.9 Å². The van der Waals surface area contributed by atoms with Crippen molar-refractivity contribution in [3.63, 3.8) is 0 Å². The number of hydrogen-bond donors (Lipinski definition) is 0. The van der Waals surface area contributed by atoms with Crippen LogP contribution in [0.1, 0.15) is 41.9 Å². The predicted molar refractivity (Wildman–Crippen MR) is 111 cm³/mol. The third kappa shape index (κ3) is 5.76. The molecule has 0 fully saturated rings. The van der Waals surface area contributed by atoms with Crippen molar-refractivity contribution in [1.82, 2.24) is 9.88 Å². The van der Waals surface area contributed by atoms with Gasteiger partial charge in [-0.05, 0) is 57.0 Å². The molecule has 1 aromatic carbocycles. The highest BCUT2D eigenvalue weighted by molar-refractivity contribution is 5.90. The Labute approximate surface area is 180 Å². The molecule has 0 unspecified atom stereocenters. The van der Waals surface area contributed by atoms with E-state index in [1.54, 1.807) is 33.0 Å². The summed E-state index contributed by atoms with van der Waals surface area (Å²) in [5.41, 5.74) is 2.36. The summed E-state index contributed by atoms with van der Waals surface area (Å²) in [6, 6.07) is 6.41. The molecule has 2 aromatic rings. The van der Waals surface area contributed by atoms with E-state index in [0.717, 1.165) is 12.5 Å². The highest BCUT2D eigenvalue weighted by Crippen LogP contribution is 2.37. The lowest BCUT2D eigenvalue weighted by atomic mass is 9.93. The van der Waals surface area contributed by atoms with Crippen LogP contribution in [0, 0.1) is 12.7 Å². The first-order valence-electron chi connectivity index (χ1n) is 10.3. The molecule has 1 aromatic heterocycles. The summed E-state index contributed by atoms with van der Waals surface area (Å²) in [5.74, 6) is -3.64. The Balaban J connectivity index is 1.96. The van der Waals surface area contributed by atoms with E-state index in [1.807, 2.05) is 0 Å². The van der Waals surface area contributed by atoms with Crippen LogP contribution in [0.5, 0.6) is 5.88 Å².